The first-order valence-electron chi connectivity index (χ1n) is 9.50. The Balaban J connectivity index is 1.71. The van der Waals surface area contributed by atoms with E-state index in [4.69, 9.17) is 0 Å². The molecule has 0 aliphatic heterocycles. The second kappa shape index (κ2) is 6.85. The van der Waals surface area contributed by atoms with E-state index in [0.717, 1.165) is 39.3 Å². The fourth-order valence-corrected chi connectivity index (χ4v) is 4.19. The number of anilines is 1. The zero-order valence-electron chi connectivity index (χ0n) is 16.5. The number of carbonyl (C=O) groups excluding carboxylic acids is 1. The lowest BCUT2D eigenvalue weighted by Gasteiger charge is -2.19. The summed E-state index contributed by atoms with van der Waals surface area (Å²) in [5, 5.41) is 7.18. The molecule has 2 aromatic carbocycles. The van der Waals surface area contributed by atoms with Gasteiger partial charge in [0, 0.05) is 17.1 Å². The van der Waals surface area contributed by atoms with Gasteiger partial charge in [0.2, 0.25) is 0 Å². The van der Waals surface area contributed by atoms with Crippen molar-refractivity contribution >= 4 is 32.6 Å². The maximum atomic E-state index is 14.5. The molecule has 146 valence electrons. The molecular formula is C22H24FN3OS. The average Bonchev–Trinajstić information content (AvgIpc) is 3.32. The Kier molecular flexibility index (Phi) is 4.62. The third-order valence-electron chi connectivity index (χ3n) is 4.70. The van der Waals surface area contributed by atoms with Crippen molar-refractivity contribution in [2.75, 3.05) is 5.32 Å². The van der Waals surface area contributed by atoms with Crippen LogP contribution in [-0.2, 0) is 0 Å². The molecule has 1 aromatic heterocycles. The lowest BCUT2D eigenvalue weighted by Crippen LogP contribution is -2.25. The highest BCUT2D eigenvalue weighted by Crippen LogP contribution is 2.34. The van der Waals surface area contributed by atoms with Gasteiger partial charge in [0.1, 0.15) is 5.82 Å². The zero-order valence-corrected chi connectivity index (χ0v) is 17.3. The molecule has 0 atom stereocenters. The molecule has 1 aliphatic rings. The lowest BCUT2D eigenvalue weighted by molar-refractivity contribution is 0.0950. The van der Waals surface area contributed by atoms with Gasteiger partial charge in [-0.15, -0.1) is 0 Å². The first-order valence-corrected chi connectivity index (χ1v) is 10.3. The van der Waals surface area contributed by atoms with Crippen LogP contribution in [0.4, 0.5) is 9.52 Å². The highest BCUT2D eigenvalue weighted by molar-refractivity contribution is 7.22. The Morgan fingerprint density at radius 2 is 1.96 bits per heavy atom. The van der Waals surface area contributed by atoms with Crippen molar-refractivity contribution in [1.29, 1.82) is 0 Å². The van der Waals surface area contributed by atoms with Gasteiger partial charge in [-0.3, -0.25) is 4.79 Å². The molecule has 1 amide bonds. The number of hydrogen-bond acceptors (Lipinski definition) is 4. The highest BCUT2D eigenvalue weighted by Gasteiger charge is 2.24. The van der Waals surface area contributed by atoms with Gasteiger partial charge in [0.05, 0.1) is 10.2 Å². The van der Waals surface area contributed by atoms with Gasteiger partial charge < -0.3 is 10.6 Å². The minimum Gasteiger partial charge on any atom is -0.357 e. The minimum absolute atomic E-state index is 0.0698. The van der Waals surface area contributed by atoms with Crippen molar-refractivity contribution in [1.82, 2.24) is 10.3 Å². The quantitative estimate of drug-likeness (QED) is 0.610. The predicted octanol–water partition coefficient (Wildman–Crippen LogP) is 5.51. The SMILES string of the molecule is Cc1c(F)cc(C(=O)NC2CC2)cc1-c1ccc2nc(NC(C)(C)C)sc2c1. The van der Waals surface area contributed by atoms with Crippen LogP contribution in [0.3, 0.4) is 0 Å². The van der Waals surface area contributed by atoms with E-state index in [0.29, 0.717) is 11.1 Å². The molecule has 1 heterocycles. The van der Waals surface area contributed by atoms with E-state index >= 15 is 0 Å². The molecule has 28 heavy (non-hydrogen) atoms. The molecule has 6 heteroatoms. The van der Waals surface area contributed by atoms with Crippen LogP contribution in [0.2, 0.25) is 0 Å². The topological polar surface area (TPSA) is 54.0 Å². The second-order valence-electron chi connectivity index (χ2n) is 8.45. The number of halogens is 1. The van der Waals surface area contributed by atoms with Gasteiger partial charge in [-0.05, 0) is 81.5 Å². The van der Waals surface area contributed by atoms with E-state index in [2.05, 4.69) is 36.4 Å². The first kappa shape index (κ1) is 18.9. The summed E-state index contributed by atoms with van der Waals surface area (Å²) in [6.07, 6.45) is 2.00. The van der Waals surface area contributed by atoms with Gasteiger partial charge in [0.25, 0.3) is 5.91 Å². The molecule has 4 rings (SSSR count). The summed E-state index contributed by atoms with van der Waals surface area (Å²) in [5.41, 5.74) is 3.36. The van der Waals surface area contributed by atoms with E-state index in [9.17, 15) is 9.18 Å². The molecule has 0 unspecified atom stereocenters. The molecule has 0 spiro atoms. The van der Waals surface area contributed by atoms with Crippen LogP contribution in [0.15, 0.2) is 30.3 Å². The summed E-state index contributed by atoms with van der Waals surface area (Å²) in [6.45, 7) is 8.02. The van der Waals surface area contributed by atoms with E-state index in [1.807, 2.05) is 18.2 Å². The summed E-state index contributed by atoms with van der Waals surface area (Å²) in [6, 6.07) is 9.25. The predicted molar refractivity (Wildman–Crippen MR) is 114 cm³/mol. The Morgan fingerprint density at radius 3 is 2.64 bits per heavy atom. The fourth-order valence-electron chi connectivity index (χ4n) is 3.07. The largest absolute Gasteiger partial charge is 0.357 e. The van der Waals surface area contributed by atoms with Crippen molar-refractivity contribution in [3.05, 3.63) is 47.3 Å². The number of nitrogens with one attached hydrogen (secondary N) is 2. The number of hydrogen-bond donors (Lipinski definition) is 2. The number of nitrogens with zero attached hydrogens (tertiary/aromatic N) is 1. The van der Waals surface area contributed by atoms with Gasteiger partial charge >= 0.3 is 0 Å². The van der Waals surface area contributed by atoms with E-state index in [1.165, 1.54) is 6.07 Å². The van der Waals surface area contributed by atoms with E-state index < -0.39 is 0 Å². The van der Waals surface area contributed by atoms with Crippen molar-refractivity contribution in [2.45, 2.75) is 52.1 Å². The molecule has 3 aromatic rings. The smallest absolute Gasteiger partial charge is 0.251 e. The number of benzene rings is 2. The van der Waals surface area contributed by atoms with Crippen LogP contribution >= 0.6 is 11.3 Å². The molecule has 0 bridgehead atoms. The highest BCUT2D eigenvalue weighted by atomic mass is 32.1. The van der Waals surface area contributed by atoms with Gasteiger partial charge in [-0.25, -0.2) is 9.37 Å². The monoisotopic (exact) mass is 397 g/mol. The number of thiazole rings is 1. The summed E-state index contributed by atoms with van der Waals surface area (Å²) >= 11 is 1.57. The van der Waals surface area contributed by atoms with Crippen molar-refractivity contribution in [3.8, 4) is 11.1 Å². The van der Waals surface area contributed by atoms with Crippen LogP contribution in [0.25, 0.3) is 21.3 Å². The van der Waals surface area contributed by atoms with E-state index in [-0.39, 0.29) is 23.3 Å². The third-order valence-corrected chi connectivity index (χ3v) is 5.63. The van der Waals surface area contributed by atoms with Crippen LogP contribution in [0.1, 0.15) is 49.5 Å². The van der Waals surface area contributed by atoms with Crippen LogP contribution in [0, 0.1) is 12.7 Å². The van der Waals surface area contributed by atoms with Crippen LogP contribution in [0.5, 0.6) is 0 Å². The molecule has 4 nitrogen and oxygen atoms in total. The van der Waals surface area contributed by atoms with Crippen LogP contribution < -0.4 is 10.6 Å². The molecule has 1 saturated carbocycles. The summed E-state index contributed by atoms with van der Waals surface area (Å²) < 4.78 is 15.6. The number of amides is 1. The second-order valence-corrected chi connectivity index (χ2v) is 9.49. The lowest BCUT2D eigenvalue weighted by atomic mass is 9.97. The van der Waals surface area contributed by atoms with Crippen molar-refractivity contribution in [3.63, 3.8) is 0 Å². The molecule has 0 saturated heterocycles. The summed E-state index contributed by atoms with van der Waals surface area (Å²) in [4.78, 5) is 17.0. The first-order chi connectivity index (χ1) is 13.2. The number of fused-ring (bicyclic) bond motifs is 1. The van der Waals surface area contributed by atoms with E-state index in [1.54, 1.807) is 24.3 Å². The molecule has 1 fully saturated rings. The maximum absolute atomic E-state index is 14.5. The van der Waals surface area contributed by atoms with Crippen LogP contribution in [-0.4, -0.2) is 22.5 Å². The van der Waals surface area contributed by atoms with Crippen molar-refractivity contribution < 1.29 is 9.18 Å². The fraction of sp³-hybridized carbons (Fsp3) is 0.364. The summed E-state index contributed by atoms with van der Waals surface area (Å²) in [7, 11) is 0. The zero-order chi connectivity index (χ0) is 20.1. The Hall–Kier alpha value is -2.47. The molecule has 1 aliphatic carbocycles. The molecule has 2 N–H and O–H groups in total. The minimum atomic E-state index is -0.363. The summed E-state index contributed by atoms with van der Waals surface area (Å²) in [5.74, 6) is -0.573. The Morgan fingerprint density at radius 1 is 1.21 bits per heavy atom. The number of aromatic nitrogens is 1. The maximum Gasteiger partial charge on any atom is 0.251 e. The number of carbonyl (C=O) groups is 1. The Labute approximate surface area is 168 Å². The van der Waals surface area contributed by atoms with Gasteiger partial charge in [-0.1, -0.05) is 17.4 Å². The molecule has 0 radical (unpaired) electrons. The number of rotatable bonds is 4. The van der Waals surface area contributed by atoms with Gasteiger partial charge in [-0.2, -0.15) is 0 Å². The Bertz CT molecular complexity index is 1060. The normalized spacial score (nSPS) is 14.3. The third kappa shape index (κ3) is 4.02. The average molecular weight is 398 g/mol. The molecular weight excluding hydrogens is 373 g/mol. The van der Waals surface area contributed by atoms with Crippen molar-refractivity contribution in [2.24, 2.45) is 0 Å². The standard InChI is InChI=1S/C22H24FN3OS/c1-12-16(9-14(10-17(12)23)20(27)24-15-6-7-15)13-5-8-18-19(11-13)28-21(25-18)26-22(2,3)4/h5,8-11,15H,6-7H2,1-4H3,(H,24,27)(H,25,26). The van der Waals surface area contributed by atoms with Gasteiger partial charge in [0.15, 0.2) is 5.13 Å².